The standard InChI is InChI=1S/C20H14F2N2O4/c1-26-16-4-2-3-11-7-18(27-19(11)16)20(25)23-10-13-9-17(28-24-13)14-6-5-12(21)8-15(14)22/h2-9H,10H2,1H3,(H,23,25). The number of ether oxygens (including phenoxy) is 1. The van der Waals surface area contributed by atoms with E-state index in [1.807, 2.05) is 0 Å². The fraction of sp³-hybridized carbons (Fsp3) is 0.100. The summed E-state index contributed by atoms with van der Waals surface area (Å²) in [7, 11) is 1.52. The number of nitrogens with one attached hydrogen (secondary N) is 1. The van der Waals surface area contributed by atoms with Gasteiger partial charge in [0, 0.05) is 17.5 Å². The summed E-state index contributed by atoms with van der Waals surface area (Å²) in [5.41, 5.74) is 0.933. The highest BCUT2D eigenvalue weighted by atomic mass is 19.1. The van der Waals surface area contributed by atoms with Crippen molar-refractivity contribution in [2.45, 2.75) is 6.54 Å². The Hall–Kier alpha value is -3.68. The van der Waals surface area contributed by atoms with Gasteiger partial charge in [0.2, 0.25) is 0 Å². The maximum absolute atomic E-state index is 13.8. The van der Waals surface area contributed by atoms with Crippen LogP contribution in [0.5, 0.6) is 5.75 Å². The summed E-state index contributed by atoms with van der Waals surface area (Å²) in [4.78, 5) is 12.3. The monoisotopic (exact) mass is 384 g/mol. The summed E-state index contributed by atoms with van der Waals surface area (Å²) >= 11 is 0. The number of hydrogen-bond acceptors (Lipinski definition) is 5. The van der Waals surface area contributed by atoms with Crippen LogP contribution in [-0.2, 0) is 6.54 Å². The molecule has 0 aliphatic heterocycles. The van der Waals surface area contributed by atoms with Crippen LogP contribution in [0.1, 0.15) is 16.2 Å². The number of nitrogens with zero attached hydrogens (tertiary/aromatic N) is 1. The molecule has 4 aromatic rings. The zero-order valence-corrected chi connectivity index (χ0v) is 14.7. The number of aromatic nitrogens is 1. The van der Waals surface area contributed by atoms with Crippen LogP contribution in [0.25, 0.3) is 22.3 Å². The smallest absolute Gasteiger partial charge is 0.287 e. The molecule has 0 unspecified atom stereocenters. The van der Waals surface area contributed by atoms with Gasteiger partial charge < -0.3 is 19.0 Å². The minimum atomic E-state index is -0.761. The fourth-order valence-electron chi connectivity index (χ4n) is 2.78. The molecular formula is C20H14F2N2O4. The summed E-state index contributed by atoms with van der Waals surface area (Å²) in [6, 6.07) is 11.6. The Morgan fingerprint density at radius 2 is 2.04 bits per heavy atom. The summed E-state index contributed by atoms with van der Waals surface area (Å²) in [6.45, 7) is 0.0410. The second-order valence-corrected chi connectivity index (χ2v) is 5.98. The lowest BCUT2D eigenvalue weighted by Gasteiger charge is -2.00. The quantitative estimate of drug-likeness (QED) is 0.555. The van der Waals surface area contributed by atoms with E-state index in [-0.39, 0.29) is 23.6 Å². The van der Waals surface area contributed by atoms with E-state index >= 15 is 0 Å². The highest BCUT2D eigenvalue weighted by Crippen LogP contribution is 2.28. The molecule has 0 spiro atoms. The van der Waals surface area contributed by atoms with Crippen molar-refractivity contribution in [2.24, 2.45) is 0 Å². The van der Waals surface area contributed by atoms with Crippen molar-refractivity contribution in [3.63, 3.8) is 0 Å². The topological polar surface area (TPSA) is 77.5 Å². The van der Waals surface area contributed by atoms with E-state index in [2.05, 4.69) is 10.5 Å². The fourth-order valence-corrected chi connectivity index (χ4v) is 2.78. The average molecular weight is 384 g/mol. The van der Waals surface area contributed by atoms with Crippen LogP contribution < -0.4 is 10.1 Å². The Kier molecular flexibility index (Phi) is 4.52. The number of para-hydroxylation sites is 1. The highest BCUT2D eigenvalue weighted by Gasteiger charge is 2.16. The molecule has 2 aromatic heterocycles. The third-order valence-electron chi connectivity index (χ3n) is 4.14. The molecule has 0 saturated heterocycles. The third-order valence-corrected chi connectivity index (χ3v) is 4.14. The van der Waals surface area contributed by atoms with Crippen molar-refractivity contribution in [3.8, 4) is 17.1 Å². The summed E-state index contributed by atoms with van der Waals surface area (Å²) in [5.74, 6) is -1.11. The number of amides is 1. The van der Waals surface area contributed by atoms with Crippen molar-refractivity contribution in [3.05, 3.63) is 71.6 Å². The predicted octanol–water partition coefficient (Wildman–Crippen LogP) is 4.30. The van der Waals surface area contributed by atoms with Crippen molar-refractivity contribution in [1.29, 1.82) is 0 Å². The number of rotatable bonds is 5. The van der Waals surface area contributed by atoms with Gasteiger partial charge in [-0.15, -0.1) is 0 Å². The summed E-state index contributed by atoms with van der Waals surface area (Å²) in [5, 5.41) is 7.18. The summed E-state index contributed by atoms with van der Waals surface area (Å²) < 4.78 is 42.7. The molecule has 0 bridgehead atoms. The second-order valence-electron chi connectivity index (χ2n) is 5.98. The molecule has 1 amide bonds. The minimum absolute atomic E-state index is 0.0410. The van der Waals surface area contributed by atoms with Gasteiger partial charge in [0.25, 0.3) is 5.91 Å². The van der Waals surface area contributed by atoms with Crippen LogP contribution in [-0.4, -0.2) is 18.2 Å². The first-order chi connectivity index (χ1) is 13.5. The second kappa shape index (κ2) is 7.15. The van der Waals surface area contributed by atoms with Crippen LogP contribution in [0.3, 0.4) is 0 Å². The average Bonchev–Trinajstić information content (AvgIpc) is 3.32. The van der Waals surface area contributed by atoms with E-state index in [1.165, 1.54) is 19.2 Å². The van der Waals surface area contributed by atoms with E-state index < -0.39 is 17.5 Å². The number of methoxy groups -OCH3 is 1. The zero-order valence-electron chi connectivity index (χ0n) is 14.7. The Morgan fingerprint density at radius 3 is 2.82 bits per heavy atom. The maximum Gasteiger partial charge on any atom is 0.287 e. The van der Waals surface area contributed by atoms with Gasteiger partial charge in [-0.1, -0.05) is 17.3 Å². The van der Waals surface area contributed by atoms with E-state index in [4.69, 9.17) is 13.7 Å². The number of furan rings is 1. The van der Waals surface area contributed by atoms with Crippen molar-refractivity contribution < 1.29 is 27.3 Å². The molecule has 1 N–H and O–H groups in total. The Morgan fingerprint density at radius 1 is 1.18 bits per heavy atom. The molecule has 0 fully saturated rings. The van der Waals surface area contributed by atoms with Crippen LogP contribution in [0.4, 0.5) is 8.78 Å². The van der Waals surface area contributed by atoms with E-state index in [1.54, 1.807) is 24.3 Å². The molecule has 0 aliphatic rings. The third kappa shape index (κ3) is 3.32. The molecule has 8 heteroatoms. The van der Waals surface area contributed by atoms with E-state index in [0.717, 1.165) is 17.5 Å². The Labute approximate surface area is 157 Å². The number of halogens is 2. The SMILES string of the molecule is COc1cccc2cc(C(=O)NCc3cc(-c4ccc(F)cc4F)on3)oc12. The van der Waals surface area contributed by atoms with Crippen LogP contribution in [0, 0.1) is 11.6 Å². The predicted molar refractivity (Wildman–Crippen MR) is 95.8 cm³/mol. The van der Waals surface area contributed by atoms with Crippen LogP contribution >= 0.6 is 0 Å². The number of hydrogen-bond donors (Lipinski definition) is 1. The molecule has 28 heavy (non-hydrogen) atoms. The van der Waals surface area contributed by atoms with Gasteiger partial charge in [0.05, 0.1) is 19.2 Å². The minimum Gasteiger partial charge on any atom is -0.493 e. The molecule has 4 rings (SSSR count). The molecule has 142 valence electrons. The molecular weight excluding hydrogens is 370 g/mol. The lowest BCUT2D eigenvalue weighted by atomic mass is 10.1. The van der Waals surface area contributed by atoms with Gasteiger partial charge >= 0.3 is 0 Å². The van der Waals surface area contributed by atoms with Crippen molar-refractivity contribution in [2.75, 3.05) is 7.11 Å². The first-order valence-corrected chi connectivity index (χ1v) is 8.31. The number of benzene rings is 2. The first kappa shape index (κ1) is 17.7. The van der Waals surface area contributed by atoms with Gasteiger partial charge in [-0.2, -0.15) is 0 Å². The maximum atomic E-state index is 13.8. The van der Waals surface area contributed by atoms with Gasteiger partial charge in [0.15, 0.2) is 22.9 Å². The first-order valence-electron chi connectivity index (χ1n) is 8.31. The number of fused-ring (bicyclic) bond motifs is 1. The molecule has 0 radical (unpaired) electrons. The lowest BCUT2D eigenvalue weighted by molar-refractivity contribution is 0.0924. The van der Waals surface area contributed by atoms with Gasteiger partial charge in [-0.3, -0.25) is 4.79 Å². The van der Waals surface area contributed by atoms with Crippen molar-refractivity contribution >= 4 is 16.9 Å². The number of carbonyl (C=O) groups excluding carboxylic acids is 1. The van der Waals surface area contributed by atoms with E-state index in [9.17, 15) is 13.6 Å². The zero-order chi connectivity index (χ0) is 19.7. The Balaban J connectivity index is 1.48. The highest BCUT2D eigenvalue weighted by molar-refractivity contribution is 5.97. The molecule has 0 atom stereocenters. The molecule has 2 aromatic carbocycles. The van der Waals surface area contributed by atoms with Crippen molar-refractivity contribution in [1.82, 2.24) is 10.5 Å². The van der Waals surface area contributed by atoms with Crippen LogP contribution in [0.15, 0.2) is 57.5 Å². The number of carbonyl (C=O) groups is 1. The normalized spacial score (nSPS) is 11.0. The van der Waals surface area contributed by atoms with Crippen LogP contribution in [0.2, 0.25) is 0 Å². The van der Waals surface area contributed by atoms with E-state index in [0.29, 0.717) is 17.0 Å². The van der Waals surface area contributed by atoms with Gasteiger partial charge in [0.1, 0.15) is 17.3 Å². The largest absolute Gasteiger partial charge is 0.493 e. The molecule has 6 nitrogen and oxygen atoms in total. The lowest BCUT2D eigenvalue weighted by Crippen LogP contribution is -2.22. The summed E-state index contributed by atoms with van der Waals surface area (Å²) in [6.07, 6.45) is 0. The van der Waals surface area contributed by atoms with Gasteiger partial charge in [-0.25, -0.2) is 8.78 Å². The molecule has 2 heterocycles. The Bertz CT molecular complexity index is 1170. The molecule has 0 saturated carbocycles. The van der Waals surface area contributed by atoms with Gasteiger partial charge in [-0.05, 0) is 24.3 Å². The molecule has 0 aliphatic carbocycles.